The maximum Gasteiger partial charge on any atom is 0.276 e. The molecule has 0 radical (unpaired) electrons. The quantitative estimate of drug-likeness (QED) is 0.401. The van der Waals surface area contributed by atoms with E-state index in [1.165, 1.54) is 25.7 Å². The Bertz CT molecular complexity index is 743. The first-order valence-electron chi connectivity index (χ1n) is 8.38. The molecule has 0 saturated carbocycles. The zero-order chi connectivity index (χ0) is 17.3. The van der Waals surface area contributed by atoms with Crippen LogP contribution in [0.4, 0.5) is 0 Å². The first-order chi connectivity index (χ1) is 12.3. The van der Waals surface area contributed by atoms with Crippen molar-refractivity contribution in [3.8, 4) is 11.4 Å². The van der Waals surface area contributed by atoms with Crippen LogP contribution in [0.5, 0.6) is 5.75 Å². The Labute approximate surface area is 150 Å². The average Bonchev–Trinajstić information content (AvgIpc) is 3.32. The molecular weight excluding hydrogens is 338 g/mol. The van der Waals surface area contributed by atoms with E-state index in [0.29, 0.717) is 11.1 Å². The summed E-state index contributed by atoms with van der Waals surface area (Å²) >= 11 is 1.60. The van der Waals surface area contributed by atoms with Gasteiger partial charge in [0.05, 0.1) is 0 Å². The summed E-state index contributed by atoms with van der Waals surface area (Å²) in [7, 11) is 0. The van der Waals surface area contributed by atoms with E-state index < -0.39 is 0 Å². The van der Waals surface area contributed by atoms with Crippen molar-refractivity contribution >= 4 is 11.8 Å². The van der Waals surface area contributed by atoms with Crippen LogP contribution in [0.1, 0.15) is 38.5 Å². The number of nitrogens with zero attached hydrogens (tertiary/aromatic N) is 5. The van der Waals surface area contributed by atoms with E-state index in [-0.39, 0.29) is 6.61 Å². The number of hydrogen-bond acceptors (Lipinski definition) is 7. The summed E-state index contributed by atoms with van der Waals surface area (Å²) in [6.45, 7) is 2.47. The van der Waals surface area contributed by atoms with Crippen LogP contribution in [0.2, 0.25) is 0 Å². The molecule has 8 heteroatoms. The number of thioether (sulfide) groups is 1. The van der Waals surface area contributed by atoms with E-state index >= 15 is 0 Å². The van der Waals surface area contributed by atoms with Crippen LogP contribution in [0.3, 0.4) is 0 Å². The van der Waals surface area contributed by atoms with Gasteiger partial charge in [-0.15, -0.1) is 20.4 Å². The van der Waals surface area contributed by atoms with Gasteiger partial charge >= 0.3 is 0 Å². The standard InChI is InChI=1S/C17H21N5O2S/c1-2-3-4-5-10-25-17-21-20-16(24-17)11-23-15-8-6-14(7-9-15)22-12-18-19-13-22/h6-9,12-13H,2-5,10-11H2,1H3. The molecular formula is C17H21N5O2S. The molecule has 0 bridgehead atoms. The number of rotatable bonds is 10. The van der Waals surface area contributed by atoms with Gasteiger partial charge in [-0.05, 0) is 30.7 Å². The molecule has 0 spiro atoms. The minimum absolute atomic E-state index is 0.259. The van der Waals surface area contributed by atoms with Crippen LogP contribution in [0.25, 0.3) is 5.69 Å². The Kier molecular flexibility index (Phi) is 6.44. The Hall–Kier alpha value is -2.35. The summed E-state index contributed by atoms with van der Waals surface area (Å²) in [4.78, 5) is 0. The van der Waals surface area contributed by atoms with Gasteiger partial charge in [0.2, 0.25) is 0 Å². The summed E-state index contributed by atoms with van der Waals surface area (Å²) in [5.41, 5.74) is 0.969. The third kappa shape index (κ3) is 5.32. The lowest BCUT2D eigenvalue weighted by atomic mass is 10.2. The monoisotopic (exact) mass is 359 g/mol. The van der Waals surface area contributed by atoms with Crippen molar-refractivity contribution in [2.24, 2.45) is 0 Å². The molecule has 0 fully saturated rings. The van der Waals surface area contributed by atoms with E-state index in [0.717, 1.165) is 17.2 Å². The lowest BCUT2D eigenvalue weighted by Crippen LogP contribution is -1.96. The number of benzene rings is 1. The third-order valence-corrected chi connectivity index (χ3v) is 4.49. The molecule has 1 aromatic carbocycles. The van der Waals surface area contributed by atoms with Gasteiger partial charge in [0.15, 0.2) is 6.61 Å². The Morgan fingerprint density at radius 2 is 1.84 bits per heavy atom. The predicted molar refractivity (Wildman–Crippen MR) is 94.9 cm³/mol. The zero-order valence-corrected chi connectivity index (χ0v) is 15.0. The molecule has 0 N–H and O–H groups in total. The molecule has 25 heavy (non-hydrogen) atoms. The Morgan fingerprint density at radius 3 is 2.60 bits per heavy atom. The zero-order valence-electron chi connectivity index (χ0n) is 14.2. The van der Waals surface area contributed by atoms with Gasteiger partial charge in [-0.2, -0.15) is 0 Å². The second kappa shape index (κ2) is 9.22. The number of aromatic nitrogens is 5. The maximum absolute atomic E-state index is 5.69. The number of hydrogen-bond donors (Lipinski definition) is 0. The van der Waals surface area contributed by atoms with Crippen molar-refractivity contribution in [1.29, 1.82) is 0 Å². The molecule has 0 aliphatic carbocycles. The lowest BCUT2D eigenvalue weighted by Gasteiger charge is -2.05. The molecule has 0 saturated heterocycles. The van der Waals surface area contributed by atoms with Crippen molar-refractivity contribution < 1.29 is 9.15 Å². The van der Waals surface area contributed by atoms with Crippen molar-refractivity contribution in [3.05, 3.63) is 42.8 Å². The predicted octanol–water partition coefficient (Wildman–Crippen LogP) is 3.90. The van der Waals surface area contributed by atoms with Gasteiger partial charge in [0.25, 0.3) is 11.1 Å². The molecule has 0 aliphatic heterocycles. The fourth-order valence-electron chi connectivity index (χ4n) is 2.24. The summed E-state index contributed by atoms with van der Waals surface area (Å²) in [6.07, 6.45) is 8.24. The highest BCUT2D eigenvalue weighted by Crippen LogP contribution is 2.20. The smallest absolute Gasteiger partial charge is 0.276 e. The molecule has 7 nitrogen and oxygen atoms in total. The fraction of sp³-hybridized carbons (Fsp3) is 0.412. The largest absolute Gasteiger partial charge is 0.484 e. The van der Waals surface area contributed by atoms with Gasteiger partial charge < -0.3 is 9.15 Å². The van der Waals surface area contributed by atoms with Crippen LogP contribution in [-0.2, 0) is 6.61 Å². The maximum atomic E-state index is 5.69. The SMILES string of the molecule is CCCCCCSc1nnc(COc2ccc(-n3cnnc3)cc2)o1. The normalized spacial score (nSPS) is 10.9. The van der Waals surface area contributed by atoms with Crippen LogP contribution in [0.15, 0.2) is 46.6 Å². The van der Waals surface area contributed by atoms with Crippen LogP contribution < -0.4 is 4.74 Å². The summed E-state index contributed by atoms with van der Waals surface area (Å²) < 4.78 is 13.1. The fourth-order valence-corrected chi connectivity index (χ4v) is 3.01. The topological polar surface area (TPSA) is 78.9 Å². The molecule has 132 valence electrons. The van der Waals surface area contributed by atoms with Gasteiger partial charge in [-0.3, -0.25) is 4.57 Å². The molecule has 3 aromatic rings. The minimum Gasteiger partial charge on any atom is -0.484 e. The second-order valence-electron chi connectivity index (χ2n) is 5.52. The van der Waals surface area contributed by atoms with Crippen LogP contribution in [0, 0.1) is 0 Å². The average molecular weight is 359 g/mol. The van der Waals surface area contributed by atoms with Gasteiger partial charge in [-0.1, -0.05) is 37.9 Å². The molecule has 0 unspecified atom stereocenters. The highest BCUT2D eigenvalue weighted by Gasteiger charge is 2.07. The molecule has 2 heterocycles. The van der Waals surface area contributed by atoms with Crippen molar-refractivity contribution in [3.63, 3.8) is 0 Å². The number of ether oxygens (including phenoxy) is 1. The highest BCUT2D eigenvalue weighted by molar-refractivity contribution is 7.99. The highest BCUT2D eigenvalue weighted by atomic mass is 32.2. The van der Waals surface area contributed by atoms with Gasteiger partial charge in [0.1, 0.15) is 18.4 Å². The van der Waals surface area contributed by atoms with Crippen molar-refractivity contribution in [2.75, 3.05) is 5.75 Å². The molecule has 0 amide bonds. The Morgan fingerprint density at radius 1 is 1.04 bits per heavy atom. The Balaban J connectivity index is 1.44. The molecule has 0 atom stereocenters. The minimum atomic E-state index is 0.259. The van der Waals surface area contributed by atoms with E-state index in [1.54, 1.807) is 24.4 Å². The van der Waals surface area contributed by atoms with E-state index in [2.05, 4.69) is 27.3 Å². The van der Waals surface area contributed by atoms with Gasteiger partial charge in [-0.25, -0.2) is 0 Å². The van der Waals surface area contributed by atoms with Crippen LogP contribution >= 0.6 is 11.8 Å². The first-order valence-corrected chi connectivity index (χ1v) is 9.37. The van der Waals surface area contributed by atoms with E-state index in [1.807, 2.05) is 28.8 Å². The molecule has 0 aliphatic rings. The van der Waals surface area contributed by atoms with Gasteiger partial charge in [0, 0.05) is 11.4 Å². The molecule has 3 rings (SSSR count). The van der Waals surface area contributed by atoms with Crippen molar-refractivity contribution in [1.82, 2.24) is 25.0 Å². The summed E-state index contributed by atoms with van der Waals surface area (Å²) in [6, 6.07) is 7.64. The lowest BCUT2D eigenvalue weighted by molar-refractivity contribution is 0.252. The third-order valence-electron chi connectivity index (χ3n) is 3.59. The summed E-state index contributed by atoms with van der Waals surface area (Å²) in [5, 5.41) is 16.2. The van der Waals surface area contributed by atoms with Crippen LogP contribution in [-0.4, -0.2) is 30.7 Å². The van der Waals surface area contributed by atoms with E-state index in [4.69, 9.17) is 9.15 Å². The van der Waals surface area contributed by atoms with E-state index in [9.17, 15) is 0 Å². The number of unbranched alkanes of at least 4 members (excludes halogenated alkanes) is 3. The summed E-state index contributed by atoms with van der Waals surface area (Å²) in [5.74, 6) is 2.23. The first kappa shape index (κ1) is 17.5. The van der Waals surface area contributed by atoms with Crippen molar-refractivity contribution in [2.45, 2.75) is 44.4 Å². The second-order valence-corrected chi connectivity index (χ2v) is 6.57. The molecule has 2 aromatic heterocycles.